The fraction of sp³-hybridized carbons (Fsp3) is 0. The zero-order valence-electron chi connectivity index (χ0n) is 9.53. The first-order chi connectivity index (χ1) is 8.77. The van der Waals surface area contributed by atoms with E-state index in [0.717, 1.165) is 21.9 Å². The van der Waals surface area contributed by atoms with Gasteiger partial charge in [-0.1, -0.05) is 77.8 Å². The summed E-state index contributed by atoms with van der Waals surface area (Å²) in [5.74, 6) is 0. The highest BCUT2D eigenvalue weighted by Gasteiger charge is 2.10. The molecule has 0 atom stereocenters. The van der Waals surface area contributed by atoms with E-state index in [1.54, 1.807) is 0 Å². The van der Waals surface area contributed by atoms with E-state index in [0.29, 0.717) is 10.0 Å². The normalized spacial score (nSPS) is 10.8. The Bertz CT molecular complexity index is 703. The third-order valence-corrected chi connectivity index (χ3v) is 3.89. The lowest BCUT2D eigenvalue weighted by Crippen LogP contribution is -1.83. The number of hydrogen-bond donors (Lipinski definition) is 0. The van der Waals surface area contributed by atoms with E-state index in [1.165, 1.54) is 0 Å². The van der Waals surface area contributed by atoms with E-state index in [9.17, 15) is 0 Å². The standard InChI is InChI=1S/C16H10Cl2/c17-15-13-9-5-4-8-12(13)10-14(16(15)18)11-6-2-1-3-7-11/h1-10H. The van der Waals surface area contributed by atoms with Gasteiger partial charge in [0.25, 0.3) is 0 Å². The fourth-order valence-electron chi connectivity index (χ4n) is 2.11. The number of fused-ring (bicyclic) bond motifs is 1. The van der Waals surface area contributed by atoms with Gasteiger partial charge in [-0.2, -0.15) is 0 Å². The molecule has 0 saturated heterocycles. The van der Waals surface area contributed by atoms with Crippen molar-refractivity contribution in [2.24, 2.45) is 0 Å². The van der Waals surface area contributed by atoms with Crippen LogP contribution in [0.2, 0.25) is 10.0 Å². The maximum absolute atomic E-state index is 6.37. The molecule has 18 heavy (non-hydrogen) atoms. The quantitative estimate of drug-likeness (QED) is 0.524. The molecular weight excluding hydrogens is 263 g/mol. The van der Waals surface area contributed by atoms with Gasteiger partial charge in [-0.15, -0.1) is 0 Å². The highest BCUT2D eigenvalue weighted by atomic mass is 35.5. The molecule has 2 heteroatoms. The van der Waals surface area contributed by atoms with Crippen LogP contribution in [0.3, 0.4) is 0 Å². The maximum atomic E-state index is 6.37. The minimum absolute atomic E-state index is 0.613. The average molecular weight is 273 g/mol. The van der Waals surface area contributed by atoms with Crippen LogP contribution in [0.25, 0.3) is 21.9 Å². The lowest BCUT2D eigenvalue weighted by atomic mass is 10.0. The van der Waals surface area contributed by atoms with E-state index in [-0.39, 0.29) is 0 Å². The molecule has 3 aromatic rings. The van der Waals surface area contributed by atoms with Crippen molar-refractivity contribution in [1.29, 1.82) is 0 Å². The number of rotatable bonds is 1. The Balaban J connectivity index is 2.34. The molecule has 0 unspecified atom stereocenters. The third-order valence-electron chi connectivity index (χ3n) is 3.01. The van der Waals surface area contributed by atoms with Crippen LogP contribution in [0.5, 0.6) is 0 Å². The molecule has 0 fully saturated rings. The Hall–Kier alpha value is -1.50. The topological polar surface area (TPSA) is 0 Å². The van der Waals surface area contributed by atoms with Crippen LogP contribution in [0.1, 0.15) is 0 Å². The van der Waals surface area contributed by atoms with Gasteiger partial charge >= 0.3 is 0 Å². The first-order valence-electron chi connectivity index (χ1n) is 5.69. The van der Waals surface area contributed by atoms with Crippen molar-refractivity contribution in [2.45, 2.75) is 0 Å². The molecule has 3 aromatic carbocycles. The third kappa shape index (κ3) is 1.88. The SMILES string of the molecule is Clc1c(-c2ccccc2)cc2ccccc2c1Cl. The molecule has 88 valence electrons. The second-order valence-corrected chi connectivity index (χ2v) is 4.90. The van der Waals surface area contributed by atoms with Crippen molar-refractivity contribution in [3.63, 3.8) is 0 Å². The molecule has 0 aliphatic rings. The van der Waals surface area contributed by atoms with Gasteiger partial charge in [0.1, 0.15) is 0 Å². The van der Waals surface area contributed by atoms with Crippen molar-refractivity contribution in [1.82, 2.24) is 0 Å². The van der Waals surface area contributed by atoms with Crippen LogP contribution >= 0.6 is 23.2 Å². The molecule has 0 radical (unpaired) electrons. The zero-order chi connectivity index (χ0) is 12.5. The molecule has 0 aromatic heterocycles. The first kappa shape index (κ1) is 11.6. The van der Waals surface area contributed by atoms with Gasteiger partial charge in [0.15, 0.2) is 0 Å². The molecule has 0 aliphatic carbocycles. The molecule has 0 aliphatic heterocycles. The van der Waals surface area contributed by atoms with E-state index in [4.69, 9.17) is 23.2 Å². The van der Waals surface area contributed by atoms with Gasteiger partial charge in [0, 0.05) is 10.9 Å². The molecule has 0 bridgehead atoms. The maximum Gasteiger partial charge on any atom is 0.0677 e. The highest BCUT2D eigenvalue weighted by molar-refractivity contribution is 6.47. The lowest BCUT2D eigenvalue weighted by Gasteiger charge is -2.09. The van der Waals surface area contributed by atoms with Crippen molar-refractivity contribution in [3.8, 4) is 11.1 Å². The molecule has 3 rings (SSSR count). The monoisotopic (exact) mass is 272 g/mol. The fourth-order valence-corrected chi connectivity index (χ4v) is 2.65. The Kier molecular flexibility index (Phi) is 2.99. The van der Waals surface area contributed by atoms with Gasteiger partial charge in [-0.3, -0.25) is 0 Å². The van der Waals surface area contributed by atoms with Gasteiger partial charge in [0.2, 0.25) is 0 Å². The molecule has 0 saturated carbocycles. The van der Waals surface area contributed by atoms with E-state index in [2.05, 4.69) is 6.07 Å². The van der Waals surface area contributed by atoms with Gasteiger partial charge < -0.3 is 0 Å². The second kappa shape index (κ2) is 4.64. The molecular formula is C16H10Cl2. The number of halogens is 2. The van der Waals surface area contributed by atoms with Gasteiger partial charge in [0.05, 0.1) is 10.0 Å². The largest absolute Gasteiger partial charge is 0.0820 e. The summed E-state index contributed by atoms with van der Waals surface area (Å²) in [6, 6.07) is 20.1. The molecule has 0 amide bonds. The molecule has 0 N–H and O–H groups in total. The van der Waals surface area contributed by atoms with Crippen LogP contribution in [0.15, 0.2) is 60.7 Å². The lowest BCUT2D eigenvalue weighted by molar-refractivity contribution is 1.64. The minimum Gasteiger partial charge on any atom is -0.0820 e. The Morgan fingerprint density at radius 2 is 1.33 bits per heavy atom. The van der Waals surface area contributed by atoms with Crippen LogP contribution in [-0.4, -0.2) is 0 Å². The molecule has 0 heterocycles. The Morgan fingerprint density at radius 3 is 2.11 bits per heavy atom. The summed E-state index contributed by atoms with van der Waals surface area (Å²) in [6.07, 6.45) is 0. The van der Waals surface area contributed by atoms with Gasteiger partial charge in [-0.05, 0) is 17.0 Å². The summed E-state index contributed by atoms with van der Waals surface area (Å²) in [7, 11) is 0. The first-order valence-corrected chi connectivity index (χ1v) is 6.45. The van der Waals surface area contributed by atoms with E-state index in [1.807, 2.05) is 54.6 Å². The van der Waals surface area contributed by atoms with Crippen LogP contribution in [-0.2, 0) is 0 Å². The summed E-state index contributed by atoms with van der Waals surface area (Å²) < 4.78 is 0. The summed E-state index contributed by atoms with van der Waals surface area (Å²) in [6.45, 7) is 0. The summed E-state index contributed by atoms with van der Waals surface area (Å²) in [4.78, 5) is 0. The minimum atomic E-state index is 0.613. The number of benzene rings is 3. The van der Waals surface area contributed by atoms with Crippen molar-refractivity contribution in [2.75, 3.05) is 0 Å². The zero-order valence-corrected chi connectivity index (χ0v) is 11.0. The van der Waals surface area contributed by atoms with Crippen molar-refractivity contribution in [3.05, 3.63) is 70.7 Å². The van der Waals surface area contributed by atoms with E-state index < -0.39 is 0 Å². The molecule has 0 nitrogen and oxygen atoms in total. The summed E-state index contributed by atoms with van der Waals surface area (Å²) in [5, 5.41) is 3.32. The van der Waals surface area contributed by atoms with Crippen LogP contribution in [0, 0.1) is 0 Å². The summed E-state index contributed by atoms with van der Waals surface area (Å²) >= 11 is 12.7. The van der Waals surface area contributed by atoms with Gasteiger partial charge in [-0.25, -0.2) is 0 Å². The van der Waals surface area contributed by atoms with Crippen molar-refractivity contribution >= 4 is 34.0 Å². The smallest absolute Gasteiger partial charge is 0.0677 e. The predicted molar refractivity (Wildman–Crippen MR) is 79.4 cm³/mol. The Labute approximate surface area is 116 Å². The average Bonchev–Trinajstić information content (AvgIpc) is 2.44. The van der Waals surface area contributed by atoms with Crippen LogP contribution in [0.4, 0.5) is 0 Å². The van der Waals surface area contributed by atoms with E-state index >= 15 is 0 Å². The second-order valence-electron chi connectivity index (χ2n) is 4.14. The van der Waals surface area contributed by atoms with Crippen molar-refractivity contribution < 1.29 is 0 Å². The molecule has 0 spiro atoms. The predicted octanol–water partition coefficient (Wildman–Crippen LogP) is 5.81. The van der Waals surface area contributed by atoms with Crippen LogP contribution < -0.4 is 0 Å². The number of hydrogen-bond acceptors (Lipinski definition) is 0. The highest BCUT2D eigenvalue weighted by Crippen LogP contribution is 2.39. The summed E-state index contributed by atoms with van der Waals surface area (Å²) in [5.41, 5.74) is 2.05. The Morgan fingerprint density at radius 1 is 0.667 bits per heavy atom.